The minimum Gasteiger partial charge on any atom is -0.302 e. The van der Waals surface area contributed by atoms with E-state index in [4.69, 9.17) is 9.81 Å². The van der Waals surface area contributed by atoms with Gasteiger partial charge in [0.2, 0.25) is 0 Å². The minimum atomic E-state index is -4.02. The molecule has 98 valence electrons. The van der Waals surface area contributed by atoms with Crippen molar-refractivity contribution >= 4 is 10.1 Å². The number of nitrogens with zero attached hydrogens (tertiary/aromatic N) is 1. The standard InChI is InChI=1S/C7H8O3S.C5H8N2/c1-6-2-4-7(5-3-6)11(8,9)10;6-4-5-2-1-3-7-5/h2-5H,1H3,(H,8,9,10);5,7H,1-3H2/t;5-/m.1/s1. The molecular formula is C12H16N2O3S. The molecule has 0 spiro atoms. The molecule has 1 aliphatic rings. The van der Waals surface area contributed by atoms with Gasteiger partial charge in [0, 0.05) is 0 Å². The number of aryl methyl sites for hydroxylation is 1. The Morgan fingerprint density at radius 3 is 2.33 bits per heavy atom. The van der Waals surface area contributed by atoms with Gasteiger partial charge in [-0.05, 0) is 38.4 Å². The molecule has 2 N–H and O–H groups in total. The molecule has 0 amide bonds. The lowest BCUT2D eigenvalue weighted by Gasteiger charge is -1.95. The summed E-state index contributed by atoms with van der Waals surface area (Å²) in [6.07, 6.45) is 2.20. The number of nitriles is 1. The third-order valence-electron chi connectivity index (χ3n) is 2.53. The summed E-state index contributed by atoms with van der Waals surface area (Å²) in [6.45, 7) is 2.87. The fourth-order valence-corrected chi connectivity index (χ4v) is 1.98. The van der Waals surface area contributed by atoms with E-state index in [9.17, 15) is 8.42 Å². The molecule has 1 aromatic rings. The largest absolute Gasteiger partial charge is 0.302 e. The van der Waals surface area contributed by atoms with Crippen LogP contribution in [0.25, 0.3) is 0 Å². The minimum absolute atomic E-state index is 0.0666. The molecule has 2 rings (SSSR count). The molecule has 18 heavy (non-hydrogen) atoms. The Labute approximate surface area is 107 Å². The first-order valence-corrected chi connectivity index (χ1v) is 7.04. The Bertz CT molecular complexity index is 511. The van der Waals surface area contributed by atoms with Gasteiger partial charge in [0.05, 0.1) is 17.0 Å². The molecule has 0 unspecified atom stereocenters. The summed E-state index contributed by atoms with van der Waals surface area (Å²) < 4.78 is 29.6. The maximum atomic E-state index is 10.5. The molecule has 1 fully saturated rings. The first kappa shape index (κ1) is 14.6. The van der Waals surface area contributed by atoms with Crippen molar-refractivity contribution in [2.45, 2.75) is 30.7 Å². The van der Waals surface area contributed by atoms with Crippen LogP contribution in [0.5, 0.6) is 0 Å². The Hall–Kier alpha value is -1.42. The molecular weight excluding hydrogens is 252 g/mol. The zero-order chi connectivity index (χ0) is 13.6. The highest BCUT2D eigenvalue weighted by molar-refractivity contribution is 7.85. The lowest BCUT2D eigenvalue weighted by Crippen LogP contribution is -2.18. The second kappa shape index (κ2) is 6.50. The van der Waals surface area contributed by atoms with Crippen LogP contribution < -0.4 is 5.32 Å². The van der Waals surface area contributed by atoms with Gasteiger partial charge < -0.3 is 5.32 Å². The van der Waals surface area contributed by atoms with E-state index < -0.39 is 10.1 Å². The maximum Gasteiger partial charge on any atom is 0.294 e. The lowest BCUT2D eigenvalue weighted by molar-refractivity contribution is 0.483. The van der Waals surface area contributed by atoms with Gasteiger partial charge in [-0.25, -0.2) is 0 Å². The molecule has 0 aromatic heterocycles. The van der Waals surface area contributed by atoms with Crippen molar-refractivity contribution in [3.05, 3.63) is 29.8 Å². The number of hydrogen-bond donors (Lipinski definition) is 2. The predicted octanol–water partition coefficient (Wildman–Crippen LogP) is 1.50. The molecule has 1 aromatic carbocycles. The van der Waals surface area contributed by atoms with Crippen LogP contribution in [0.1, 0.15) is 18.4 Å². The van der Waals surface area contributed by atoms with Crippen LogP contribution in [-0.2, 0) is 10.1 Å². The topological polar surface area (TPSA) is 90.2 Å². The van der Waals surface area contributed by atoms with Crippen molar-refractivity contribution in [3.8, 4) is 6.07 Å². The number of hydrogen-bond acceptors (Lipinski definition) is 4. The number of benzene rings is 1. The van der Waals surface area contributed by atoms with E-state index in [0.717, 1.165) is 24.9 Å². The van der Waals surface area contributed by atoms with Crippen LogP contribution in [0.2, 0.25) is 0 Å². The zero-order valence-corrected chi connectivity index (χ0v) is 10.9. The van der Waals surface area contributed by atoms with Crippen molar-refractivity contribution in [2.75, 3.05) is 6.54 Å². The maximum absolute atomic E-state index is 10.5. The number of rotatable bonds is 1. The van der Waals surface area contributed by atoms with Gasteiger partial charge in [0.1, 0.15) is 0 Å². The molecule has 5 nitrogen and oxygen atoms in total. The highest BCUT2D eigenvalue weighted by Gasteiger charge is 2.10. The van der Waals surface area contributed by atoms with Crippen LogP contribution in [0.3, 0.4) is 0 Å². The highest BCUT2D eigenvalue weighted by Crippen LogP contribution is 2.08. The van der Waals surface area contributed by atoms with E-state index in [2.05, 4.69) is 11.4 Å². The van der Waals surface area contributed by atoms with Gasteiger partial charge in [-0.15, -0.1) is 0 Å². The van der Waals surface area contributed by atoms with Crippen LogP contribution >= 0.6 is 0 Å². The number of nitrogens with one attached hydrogen (secondary N) is 1. The first-order chi connectivity index (χ1) is 8.43. The third kappa shape index (κ3) is 4.84. The lowest BCUT2D eigenvalue weighted by atomic mass is 10.2. The van der Waals surface area contributed by atoms with Crippen LogP contribution in [0.4, 0.5) is 0 Å². The molecule has 0 saturated carbocycles. The van der Waals surface area contributed by atoms with Crippen molar-refractivity contribution in [3.63, 3.8) is 0 Å². The van der Waals surface area contributed by atoms with Gasteiger partial charge in [-0.3, -0.25) is 4.55 Å². The van der Waals surface area contributed by atoms with Gasteiger partial charge in [-0.1, -0.05) is 17.7 Å². The molecule has 1 aliphatic heterocycles. The normalized spacial score (nSPS) is 18.6. The Balaban J connectivity index is 0.000000199. The quantitative estimate of drug-likeness (QED) is 0.753. The predicted molar refractivity (Wildman–Crippen MR) is 67.6 cm³/mol. The fraction of sp³-hybridized carbons (Fsp3) is 0.417. The third-order valence-corrected chi connectivity index (χ3v) is 3.40. The highest BCUT2D eigenvalue weighted by atomic mass is 32.2. The van der Waals surface area contributed by atoms with E-state index >= 15 is 0 Å². The Morgan fingerprint density at radius 1 is 1.39 bits per heavy atom. The van der Waals surface area contributed by atoms with Gasteiger partial charge in [0.15, 0.2) is 0 Å². The SMILES string of the molecule is Cc1ccc(S(=O)(=O)O)cc1.N#C[C@H]1CCCN1. The molecule has 0 aliphatic carbocycles. The summed E-state index contributed by atoms with van der Waals surface area (Å²) >= 11 is 0. The summed E-state index contributed by atoms with van der Waals surface area (Å²) in [4.78, 5) is -0.0666. The van der Waals surface area contributed by atoms with E-state index in [1.54, 1.807) is 12.1 Å². The molecule has 6 heteroatoms. The van der Waals surface area contributed by atoms with Crippen LogP contribution in [0.15, 0.2) is 29.2 Å². The Morgan fingerprint density at radius 2 is 2.00 bits per heavy atom. The fourth-order valence-electron chi connectivity index (χ4n) is 1.50. The summed E-state index contributed by atoms with van der Waals surface area (Å²) in [5, 5.41) is 11.3. The average molecular weight is 268 g/mol. The van der Waals surface area contributed by atoms with Crippen LogP contribution in [0, 0.1) is 18.3 Å². The monoisotopic (exact) mass is 268 g/mol. The first-order valence-electron chi connectivity index (χ1n) is 5.60. The zero-order valence-electron chi connectivity index (χ0n) is 10.1. The van der Waals surface area contributed by atoms with Gasteiger partial charge in [-0.2, -0.15) is 13.7 Å². The molecule has 1 atom stereocenters. The molecule has 0 radical (unpaired) electrons. The van der Waals surface area contributed by atoms with E-state index in [1.807, 2.05) is 6.92 Å². The second-order valence-electron chi connectivity index (χ2n) is 4.07. The van der Waals surface area contributed by atoms with Crippen molar-refractivity contribution in [2.24, 2.45) is 0 Å². The molecule has 0 bridgehead atoms. The molecule has 1 saturated heterocycles. The van der Waals surface area contributed by atoms with E-state index in [1.165, 1.54) is 12.1 Å². The summed E-state index contributed by atoms with van der Waals surface area (Å²) in [7, 11) is -4.02. The summed E-state index contributed by atoms with van der Waals surface area (Å²) in [5.74, 6) is 0. The van der Waals surface area contributed by atoms with Crippen molar-refractivity contribution in [1.82, 2.24) is 5.32 Å². The van der Waals surface area contributed by atoms with E-state index in [-0.39, 0.29) is 10.9 Å². The second-order valence-corrected chi connectivity index (χ2v) is 5.49. The summed E-state index contributed by atoms with van der Waals surface area (Å²) in [6, 6.07) is 8.29. The van der Waals surface area contributed by atoms with Gasteiger partial charge in [0.25, 0.3) is 10.1 Å². The average Bonchev–Trinajstić information content (AvgIpc) is 2.82. The van der Waals surface area contributed by atoms with Crippen LogP contribution in [-0.4, -0.2) is 25.6 Å². The summed E-state index contributed by atoms with van der Waals surface area (Å²) in [5.41, 5.74) is 0.956. The Kier molecular flexibility index (Phi) is 5.28. The van der Waals surface area contributed by atoms with E-state index in [0.29, 0.717) is 0 Å². The molecule has 1 heterocycles. The van der Waals surface area contributed by atoms with Crippen molar-refractivity contribution in [1.29, 1.82) is 5.26 Å². The van der Waals surface area contributed by atoms with Gasteiger partial charge >= 0.3 is 0 Å². The smallest absolute Gasteiger partial charge is 0.294 e. The van der Waals surface area contributed by atoms with Crippen molar-refractivity contribution < 1.29 is 13.0 Å².